The van der Waals surface area contributed by atoms with Crippen LogP contribution in [0.3, 0.4) is 0 Å². The zero-order chi connectivity index (χ0) is 19.0. The number of rotatable bonds is 4. The van der Waals surface area contributed by atoms with Crippen LogP contribution in [0.4, 0.5) is 11.4 Å². The number of halogens is 1. The van der Waals surface area contributed by atoms with E-state index in [1.165, 1.54) is 12.1 Å². The molecule has 1 aliphatic rings. The standard InChI is InChI=1S/C18H13ClN4O3S/c19-15-9-13(23(25)26)5-6-14(15)17(24)20-12-3-1-11(2-4-12)16-10-22-7-8-27-18(22)21-16/h1-6,9-10H,7-8H2,(H,20,24). The van der Waals surface area contributed by atoms with E-state index in [4.69, 9.17) is 11.6 Å². The van der Waals surface area contributed by atoms with Crippen molar-refractivity contribution in [3.8, 4) is 11.3 Å². The van der Waals surface area contributed by atoms with Crippen LogP contribution in [0.5, 0.6) is 0 Å². The highest BCUT2D eigenvalue weighted by Crippen LogP contribution is 2.29. The Morgan fingerprint density at radius 1 is 1.26 bits per heavy atom. The van der Waals surface area contributed by atoms with Gasteiger partial charge < -0.3 is 9.88 Å². The van der Waals surface area contributed by atoms with Crippen molar-refractivity contribution in [2.75, 3.05) is 11.1 Å². The zero-order valence-corrected chi connectivity index (χ0v) is 15.5. The van der Waals surface area contributed by atoms with E-state index >= 15 is 0 Å². The summed E-state index contributed by atoms with van der Waals surface area (Å²) in [5.74, 6) is 0.624. The van der Waals surface area contributed by atoms with Crippen LogP contribution in [0.2, 0.25) is 5.02 Å². The van der Waals surface area contributed by atoms with E-state index in [-0.39, 0.29) is 16.3 Å². The van der Waals surface area contributed by atoms with Crippen molar-refractivity contribution in [2.45, 2.75) is 11.7 Å². The van der Waals surface area contributed by atoms with E-state index in [2.05, 4.69) is 14.9 Å². The first-order valence-electron chi connectivity index (χ1n) is 8.07. The van der Waals surface area contributed by atoms with Crippen LogP contribution in [0.1, 0.15) is 10.4 Å². The molecule has 4 rings (SSSR count). The Morgan fingerprint density at radius 2 is 2.04 bits per heavy atom. The number of amides is 1. The van der Waals surface area contributed by atoms with Crippen molar-refractivity contribution in [2.24, 2.45) is 0 Å². The number of carbonyl (C=O) groups excluding carboxylic acids is 1. The Labute approximate surface area is 163 Å². The third kappa shape index (κ3) is 3.54. The molecule has 0 unspecified atom stereocenters. The van der Waals surface area contributed by atoms with Crippen molar-refractivity contribution in [3.05, 3.63) is 69.4 Å². The number of anilines is 1. The molecule has 27 heavy (non-hydrogen) atoms. The number of hydrogen-bond acceptors (Lipinski definition) is 5. The molecular weight excluding hydrogens is 388 g/mol. The Kier molecular flexibility index (Phi) is 4.59. The minimum Gasteiger partial charge on any atom is -0.325 e. The number of carbonyl (C=O) groups is 1. The zero-order valence-electron chi connectivity index (χ0n) is 13.9. The molecule has 0 aliphatic carbocycles. The predicted molar refractivity (Wildman–Crippen MR) is 104 cm³/mol. The number of aryl methyl sites for hydroxylation is 1. The van der Waals surface area contributed by atoms with Gasteiger partial charge in [-0.3, -0.25) is 14.9 Å². The molecule has 0 fully saturated rings. The molecule has 2 aromatic carbocycles. The van der Waals surface area contributed by atoms with Gasteiger partial charge in [0.05, 0.1) is 21.2 Å². The lowest BCUT2D eigenvalue weighted by Gasteiger charge is -2.07. The number of benzene rings is 2. The van der Waals surface area contributed by atoms with Gasteiger partial charge >= 0.3 is 0 Å². The average Bonchev–Trinajstić information content (AvgIpc) is 3.24. The Morgan fingerprint density at radius 3 is 2.70 bits per heavy atom. The van der Waals surface area contributed by atoms with Gasteiger partial charge in [0.1, 0.15) is 0 Å². The smallest absolute Gasteiger partial charge is 0.270 e. The largest absolute Gasteiger partial charge is 0.325 e. The number of thioether (sulfide) groups is 1. The summed E-state index contributed by atoms with van der Waals surface area (Å²) in [5.41, 5.74) is 2.47. The average molecular weight is 401 g/mol. The maximum Gasteiger partial charge on any atom is 0.270 e. The van der Waals surface area contributed by atoms with E-state index in [0.717, 1.165) is 34.8 Å². The molecule has 1 aromatic heterocycles. The van der Waals surface area contributed by atoms with Crippen LogP contribution in [-0.4, -0.2) is 26.1 Å². The first-order valence-corrected chi connectivity index (χ1v) is 9.43. The number of nitro groups is 1. The Bertz CT molecular complexity index is 1030. The summed E-state index contributed by atoms with van der Waals surface area (Å²) >= 11 is 7.74. The fourth-order valence-electron chi connectivity index (χ4n) is 2.77. The predicted octanol–water partition coefficient (Wildman–Crippen LogP) is 4.47. The number of non-ortho nitro benzene ring substituents is 1. The summed E-state index contributed by atoms with van der Waals surface area (Å²) < 4.78 is 2.13. The quantitative estimate of drug-likeness (QED) is 0.515. The van der Waals surface area contributed by atoms with E-state index in [9.17, 15) is 14.9 Å². The number of aromatic nitrogens is 2. The van der Waals surface area contributed by atoms with Crippen LogP contribution in [0, 0.1) is 10.1 Å². The normalized spacial score (nSPS) is 12.6. The molecule has 1 aliphatic heterocycles. The van der Waals surface area contributed by atoms with Crippen LogP contribution in [0.15, 0.2) is 53.8 Å². The van der Waals surface area contributed by atoms with Crippen molar-refractivity contribution >= 4 is 40.6 Å². The number of nitrogens with one attached hydrogen (secondary N) is 1. The summed E-state index contributed by atoms with van der Waals surface area (Å²) in [7, 11) is 0. The first kappa shape index (κ1) is 17.6. The summed E-state index contributed by atoms with van der Waals surface area (Å²) in [5, 5.41) is 14.6. The highest BCUT2D eigenvalue weighted by Gasteiger charge is 2.17. The highest BCUT2D eigenvalue weighted by molar-refractivity contribution is 7.99. The third-order valence-electron chi connectivity index (χ3n) is 4.15. The molecule has 0 bridgehead atoms. The fraction of sp³-hybridized carbons (Fsp3) is 0.111. The van der Waals surface area contributed by atoms with Gasteiger partial charge in [-0.1, -0.05) is 35.5 Å². The van der Waals surface area contributed by atoms with E-state index in [1.807, 2.05) is 18.3 Å². The number of fused-ring (bicyclic) bond motifs is 1. The van der Waals surface area contributed by atoms with Gasteiger partial charge in [0.2, 0.25) is 0 Å². The number of hydrogen-bond donors (Lipinski definition) is 1. The van der Waals surface area contributed by atoms with E-state index in [1.54, 1.807) is 23.9 Å². The first-order chi connectivity index (χ1) is 13.0. The van der Waals surface area contributed by atoms with E-state index in [0.29, 0.717) is 5.69 Å². The second kappa shape index (κ2) is 7.05. The van der Waals surface area contributed by atoms with E-state index < -0.39 is 10.8 Å². The minimum atomic E-state index is -0.559. The molecule has 0 atom stereocenters. The number of imidazole rings is 1. The molecule has 7 nitrogen and oxygen atoms in total. The lowest BCUT2D eigenvalue weighted by molar-refractivity contribution is -0.384. The number of nitrogens with zero attached hydrogens (tertiary/aromatic N) is 3. The SMILES string of the molecule is O=C(Nc1ccc(-c2cn3c(n2)SCC3)cc1)c1ccc([N+](=O)[O-])cc1Cl. The van der Waals surface area contributed by atoms with Gasteiger partial charge in [-0.05, 0) is 18.2 Å². The van der Waals surface area contributed by atoms with Gasteiger partial charge in [-0.15, -0.1) is 0 Å². The van der Waals surface area contributed by atoms with Crippen molar-refractivity contribution in [3.63, 3.8) is 0 Å². The lowest BCUT2D eigenvalue weighted by Crippen LogP contribution is -2.12. The molecule has 1 N–H and O–H groups in total. The molecule has 3 aromatic rings. The summed E-state index contributed by atoms with van der Waals surface area (Å²) in [6.07, 6.45) is 2.03. The molecule has 0 saturated carbocycles. The van der Waals surface area contributed by atoms with Gasteiger partial charge in [-0.2, -0.15) is 0 Å². The van der Waals surface area contributed by atoms with Gasteiger partial charge in [0, 0.05) is 41.9 Å². The maximum absolute atomic E-state index is 12.4. The second-order valence-corrected chi connectivity index (χ2v) is 7.37. The summed E-state index contributed by atoms with van der Waals surface area (Å²) in [4.78, 5) is 27.2. The topological polar surface area (TPSA) is 90.1 Å². The van der Waals surface area contributed by atoms with Gasteiger partial charge in [0.15, 0.2) is 5.16 Å². The lowest BCUT2D eigenvalue weighted by atomic mass is 10.1. The molecule has 0 spiro atoms. The fourth-order valence-corrected chi connectivity index (χ4v) is 3.98. The third-order valence-corrected chi connectivity index (χ3v) is 5.43. The Balaban J connectivity index is 1.49. The summed E-state index contributed by atoms with van der Waals surface area (Å²) in [6.45, 7) is 0.969. The maximum atomic E-state index is 12.4. The molecule has 136 valence electrons. The van der Waals surface area contributed by atoms with Gasteiger partial charge in [-0.25, -0.2) is 4.98 Å². The van der Waals surface area contributed by atoms with Crippen LogP contribution < -0.4 is 5.32 Å². The monoisotopic (exact) mass is 400 g/mol. The van der Waals surface area contributed by atoms with Crippen molar-refractivity contribution in [1.82, 2.24) is 9.55 Å². The minimum absolute atomic E-state index is 0.0309. The molecular formula is C18H13ClN4O3S. The van der Waals surface area contributed by atoms with Crippen LogP contribution in [-0.2, 0) is 6.54 Å². The van der Waals surface area contributed by atoms with Crippen molar-refractivity contribution in [1.29, 1.82) is 0 Å². The molecule has 2 heterocycles. The molecule has 1 amide bonds. The molecule has 9 heteroatoms. The summed E-state index contributed by atoms with van der Waals surface area (Å²) in [6, 6.07) is 11.1. The molecule has 0 radical (unpaired) electrons. The van der Waals surface area contributed by atoms with Crippen LogP contribution in [0.25, 0.3) is 11.3 Å². The second-order valence-electron chi connectivity index (χ2n) is 5.90. The van der Waals surface area contributed by atoms with Crippen molar-refractivity contribution < 1.29 is 9.72 Å². The highest BCUT2D eigenvalue weighted by atomic mass is 35.5. The van der Waals surface area contributed by atoms with Gasteiger partial charge in [0.25, 0.3) is 11.6 Å². The number of nitro benzene ring substituents is 1. The molecule has 0 saturated heterocycles. The Hall–Kier alpha value is -2.84. The van der Waals surface area contributed by atoms with Crippen LogP contribution >= 0.6 is 23.4 Å².